The minimum Gasteiger partial charge on any atom is -0.382 e. The zero-order chi connectivity index (χ0) is 13.4. The maximum absolute atomic E-state index is 11.6. The highest BCUT2D eigenvalue weighted by atomic mass is 16.5. The summed E-state index contributed by atoms with van der Waals surface area (Å²) in [7, 11) is 0. The number of carbonyl (C=O) groups excluding carboxylic acids is 2. The number of ether oxygens (including phenoxy) is 1. The molecule has 0 radical (unpaired) electrons. The molecule has 4 nitrogen and oxygen atoms in total. The van der Waals surface area contributed by atoms with Crippen LogP contribution in [0.2, 0.25) is 0 Å². The normalized spacial score (nSPS) is 10.1. The molecule has 0 spiro atoms. The second-order valence-electron chi connectivity index (χ2n) is 3.98. The fourth-order valence-electron chi connectivity index (χ4n) is 1.49. The SMILES string of the molecule is CCOCCCC(=O)Nc1ccc(C(C)=O)cc1. The Kier molecular flexibility index (Phi) is 6.08. The number of hydrogen-bond donors (Lipinski definition) is 1. The van der Waals surface area contributed by atoms with E-state index in [0.717, 1.165) is 0 Å². The third-order valence-corrected chi connectivity index (χ3v) is 2.47. The van der Waals surface area contributed by atoms with E-state index in [1.807, 2.05) is 6.92 Å². The maximum atomic E-state index is 11.6. The van der Waals surface area contributed by atoms with Gasteiger partial charge in [-0.05, 0) is 44.5 Å². The molecule has 0 atom stereocenters. The van der Waals surface area contributed by atoms with Crippen molar-refractivity contribution in [2.45, 2.75) is 26.7 Å². The summed E-state index contributed by atoms with van der Waals surface area (Å²) < 4.78 is 5.16. The first kappa shape index (κ1) is 14.4. The van der Waals surface area contributed by atoms with Crippen LogP contribution >= 0.6 is 0 Å². The molecular formula is C14H19NO3. The van der Waals surface area contributed by atoms with Crippen LogP contribution in [0.15, 0.2) is 24.3 Å². The maximum Gasteiger partial charge on any atom is 0.224 e. The Morgan fingerprint density at radius 2 is 1.89 bits per heavy atom. The Morgan fingerprint density at radius 1 is 1.22 bits per heavy atom. The summed E-state index contributed by atoms with van der Waals surface area (Å²) in [6.07, 6.45) is 1.15. The van der Waals surface area contributed by atoms with Gasteiger partial charge in [0.15, 0.2) is 5.78 Å². The fourth-order valence-corrected chi connectivity index (χ4v) is 1.49. The molecule has 0 aliphatic carbocycles. The molecule has 98 valence electrons. The van der Waals surface area contributed by atoms with Gasteiger partial charge in [-0.25, -0.2) is 0 Å². The predicted octanol–water partition coefficient (Wildman–Crippen LogP) is 2.64. The molecule has 1 aromatic rings. The third-order valence-electron chi connectivity index (χ3n) is 2.47. The number of benzene rings is 1. The molecular weight excluding hydrogens is 230 g/mol. The van der Waals surface area contributed by atoms with E-state index < -0.39 is 0 Å². The van der Waals surface area contributed by atoms with E-state index >= 15 is 0 Å². The lowest BCUT2D eigenvalue weighted by molar-refractivity contribution is -0.116. The van der Waals surface area contributed by atoms with Crippen LogP contribution in [0.4, 0.5) is 5.69 Å². The van der Waals surface area contributed by atoms with Gasteiger partial charge in [0.1, 0.15) is 0 Å². The lowest BCUT2D eigenvalue weighted by Gasteiger charge is -2.05. The Balaban J connectivity index is 2.37. The lowest BCUT2D eigenvalue weighted by atomic mass is 10.1. The van der Waals surface area contributed by atoms with Crippen LogP contribution in [0.1, 0.15) is 37.0 Å². The van der Waals surface area contributed by atoms with Crippen molar-refractivity contribution >= 4 is 17.4 Å². The van der Waals surface area contributed by atoms with Gasteiger partial charge in [-0.1, -0.05) is 0 Å². The number of rotatable bonds is 7. The quantitative estimate of drug-likeness (QED) is 0.597. The number of ketones is 1. The van der Waals surface area contributed by atoms with Crippen LogP contribution in [-0.2, 0) is 9.53 Å². The first-order valence-electron chi connectivity index (χ1n) is 6.12. The van der Waals surface area contributed by atoms with E-state index in [1.54, 1.807) is 24.3 Å². The number of Topliss-reactive ketones (excluding diaryl/α,β-unsaturated/α-hetero) is 1. The number of anilines is 1. The molecule has 0 aromatic heterocycles. The standard InChI is InChI=1S/C14H19NO3/c1-3-18-10-4-5-14(17)15-13-8-6-12(7-9-13)11(2)16/h6-9H,3-5,10H2,1-2H3,(H,15,17). The van der Waals surface area contributed by atoms with Gasteiger partial charge < -0.3 is 10.1 Å². The highest BCUT2D eigenvalue weighted by Crippen LogP contribution is 2.10. The lowest BCUT2D eigenvalue weighted by Crippen LogP contribution is -2.12. The van der Waals surface area contributed by atoms with Gasteiger partial charge in [-0.15, -0.1) is 0 Å². The number of amides is 1. The van der Waals surface area contributed by atoms with E-state index in [1.165, 1.54) is 6.92 Å². The highest BCUT2D eigenvalue weighted by Gasteiger charge is 2.03. The predicted molar refractivity (Wildman–Crippen MR) is 70.8 cm³/mol. The molecule has 4 heteroatoms. The average Bonchev–Trinajstić information content (AvgIpc) is 2.35. The van der Waals surface area contributed by atoms with Crippen molar-refractivity contribution in [2.24, 2.45) is 0 Å². The molecule has 1 rings (SSSR count). The van der Waals surface area contributed by atoms with Gasteiger partial charge in [0.05, 0.1) is 0 Å². The molecule has 0 unspecified atom stereocenters. The summed E-state index contributed by atoms with van der Waals surface area (Å²) in [6, 6.07) is 6.88. The van der Waals surface area contributed by atoms with Crippen LogP contribution in [-0.4, -0.2) is 24.9 Å². The molecule has 0 saturated heterocycles. The Labute approximate surface area is 107 Å². The van der Waals surface area contributed by atoms with Crippen molar-refractivity contribution in [3.05, 3.63) is 29.8 Å². The Bertz CT molecular complexity index is 398. The molecule has 18 heavy (non-hydrogen) atoms. The van der Waals surface area contributed by atoms with E-state index in [9.17, 15) is 9.59 Å². The molecule has 0 aliphatic heterocycles. The third kappa shape index (κ3) is 5.10. The second kappa shape index (κ2) is 7.61. The minimum absolute atomic E-state index is 0.0181. The first-order valence-corrected chi connectivity index (χ1v) is 6.12. The van der Waals surface area contributed by atoms with Gasteiger partial charge >= 0.3 is 0 Å². The molecule has 1 aromatic carbocycles. The minimum atomic E-state index is -0.0368. The van der Waals surface area contributed by atoms with Crippen LogP contribution < -0.4 is 5.32 Å². The molecule has 0 saturated carbocycles. The highest BCUT2D eigenvalue weighted by molar-refractivity contribution is 5.95. The summed E-state index contributed by atoms with van der Waals surface area (Å²) in [6.45, 7) is 4.72. The molecule has 0 heterocycles. The van der Waals surface area contributed by atoms with Crippen LogP contribution in [0.25, 0.3) is 0 Å². The van der Waals surface area contributed by atoms with Crippen molar-refractivity contribution in [3.63, 3.8) is 0 Å². The topological polar surface area (TPSA) is 55.4 Å². The van der Waals surface area contributed by atoms with Crippen molar-refractivity contribution < 1.29 is 14.3 Å². The van der Waals surface area contributed by atoms with E-state index in [-0.39, 0.29) is 11.7 Å². The van der Waals surface area contributed by atoms with Crippen molar-refractivity contribution in [2.75, 3.05) is 18.5 Å². The van der Waals surface area contributed by atoms with Gasteiger partial charge in [0.2, 0.25) is 5.91 Å². The zero-order valence-electron chi connectivity index (χ0n) is 10.9. The summed E-state index contributed by atoms with van der Waals surface area (Å²) in [5.41, 5.74) is 1.35. The van der Waals surface area contributed by atoms with E-state index in [4.69, 9.17) is 4.74 Å². The number of carbonyl (C=O) groups is 2. The van der Waals surface area contributed by atoms with Crippen LogP contribution in [0.5, 0.6) is 0 Å². The van der Waals surface area contributed by atoms with Gasteiger partial charge in [0, 0.05) is 30.9 Å². The first-order chi connectivity index (χ1) is 8.63. The van der Waals surface area contributed by atoms with E-state index in [2.05, 4.69) is 5.32 Å². The summed E-state index contributed by atoms with van der Waals surface area (Å²) in [5, 5.41) is 2.78. The van der Waals surface area contributed by atoms with Gasteiger partial charge in [0.25, 0.3) is 0 Å². The van der Waals surface area contributed by atoms with Crippen molar-refractivity contribution in [1.82, 2.24) is 0 Å². The molecule has 0 fully saturated rings. The fraction of sp³-hybridized carbons (Fsp3) is 0.429. The molecule has 1 N–H and O–H groups in total. The summed E-state index contributed by atoms with van der Waals surface area (Å²) >= 11 is 0. The van der Waals surface area contributed by atoms with Crippen molar-refractivity contribution in [3.8, 4) is 0 Å². The Hall–Kier alpha value is -1.68. The summed E-state index contributed by atoms with van der Waals surface area (Å²) in [4.78, 5) is 22.6. The molecule has 1 amide bonds. The summed E-state index contributed by atoms with van der Waals surface area (Å²) in [5.74, 6) is -0.0186. The number of hydrogen-bond acceptors (Lipinski definition) is 3. The number of nitrogens with one attached hydrogen (secondary N) is 1. The molecule has 0 bridgehead atoms. The van der Waals surface area contributed by atoms with Crippen molar-refractivity contribution in [1.29, 1.82) is 0 Å². The molecule has 0 aliphatic rings. The second-order valence-corrected chi connectivity index (χ2v) is 3.98. The van der Waals surface area contributed by atoms with Crippen LogP contribution in [0, 0.1) is 0 Å². The van der Waals surface area contributed by atoms with Gasteiger partial charge in [-0.3, -0.25) is 9.59 Å². The largest absolute Gasteiger partial charge is 0.382 e. The Morgan fingerprint density at radius 3 is 2.44 bits per heavy atom. The monoisotopic (exact) mass is 249 g/mol. The zero-order valence-corrected chi connectivity index (χ0v) is 10.9. The smallest absolute Gasteiger partial charge is 0.224 e. The van der Waals surface area contributed by atoms with E-state index in [0.29, 0.717) is 37.3 Å². The van der Waals surface area contributed by atoms with Gasteiger partial charge in [-0.2, -0.15) is 0 Å². The average molecular weight is 249 g/mol. The van der Waals surface area contributed by atoms with Crippen LogP contribution in [0.3, 0.4) is 0 Å².